The second-order valence-electron chi connectivity index (χ2n) is 4.99. The molecule has 0 atom stereocenters. The van der Waals surface area contributed by atoms with Crippen molar-refractivity contribution < 1.29 is 9.53 Å². The number of nitrogens with one attached hydrogen (secondary N) is 1. The molecule has 1 aliphatic carbocycles. The Morgan fingerprint density at radius 2 is 1.71 bits per heavy atom. The van der Waals surface area contributed by atoms with Crippen LogP contribution in [0, 0.1) is 5.92 Å². The van der Waals surface area contributed by atoms with Crippen LogP contribution in [0.1, 0.15) is 18.4 Å². The average molecular weight is 280 g/mol. The molecule has 21 heavy (non-hydrogen) atoms. The highest BCUT2D eigenvalue weighted by Crippen LogP contribution is 2.28. The summed E-state index contributed by atoms with van der Waals surface area (Å²) in [5.41, 5.74) is 3.46. The third-order valence-corrected chi connectivity index (χ3v) is 3.20. The topological polar surface area (TPSA) is 50.7 Å². The van der Waals surface area contributed by atoms with Crippen LogP contribution >= 0.6 is 0 Å². The lowest BCUT2D eigenvalue weighted by molar-refractivity contribution is -0.122. The van der Waals surface area contributed by atoms with Crippen LogP contribution in [0.5, 0.6) is 11.5 Å². The first kappa shape index (κ1) is 13.4. The number of ether oxygens (including phenoxy) is 1. The predicted octanol–water partition coefficient (Wildman–Crippen LogP) is 3.34. The highest BCUT2D eigenvalue weighted by Gasteiger charge is 2.29. The van der Waals surface area contributed by atoms with Crippen LogP contribution in [0.4, 0.5) is 0 Å². The van der Waals surface area contributed by atoms with Gasteiger partial charge in [-0.25, -0.2) is 5.43 Å². The van der Waals surface area contributed by atoms with Gasteiger partial charge in [-0.15, -0.1) is 0 Å². The normalized spacial score (nSPS) is 14.1. The van der Waals surface area contributed by atoms with Gasteiger partial charge in [-0.05, 0) is 54.8 Å². The van der Waals surface area contributed by atoms with Crippen LogP contribution in [0.2, 0.25) is 0 Å². The smallest absolute Gasteiger partial charge is 0.243 e. The van der Waals surface area contributed by atoms with E-state index in [1.54, 1.807) is 6.21 Å². The molecule has 0 saturated heterocycles. The zero-order chi connectivity index (χ0) is 14.5. The summed E-state index contributed by atoms with van der Waals surface area (Å²) in [6.45, 7) is 0. The molecule has 0 unspecified atom stereocenters. The summed E-state index contributed by atoms with van der Waals surface area (Å²) in [5.74, 6) is 1.75. The van der Waals surface area contributed by atoms with Crippen molar-refractivity contribution in [2.24, 2.45) is 11.0 Å². The number of para-hydroxylation sites is 1. The van der Waals surface area contributed by atoms with Crippen LogP contribution < -0.4 is 10.2 Å². The van der Waals surface area contributed by atoms with Gasteiger partial charge in [0.25, 0.3) is 0 Å². The Morgan fingerprint density at radius 1 is 1.05 bits per heavy atom. The Labute approximate surface area is 123 Å². The SMILES string of the molecule is O=C(N/N=C/c1ccc(Oc2ccccc2)cc1)C1CC1. The highest BCUT2D eigenvalue weighted by atomic mass is 16.5. The minimum atomic E-state index is 0.00952. The molecule has 0 aromatic heterocycles. The Kier molecular flexibility index (Phi) is 3.96. The molecule has 2 aromatic carbocycles. The van der Waals surface area contributed by atoms with E-state index in [2.05, 4.69) is 10.5 Å². The fraction of sp³-hybridized carbons (Fsp3) is 0.176. The van der Waals surface area contributed by atoms with E-state index in [9.17, 15) is 4.79 Å². The van der Waals surface area contributed by atoms with Crippen molar-refractivity contribution in [1.82, 2.24) is 5.43 Å². The summed E-state index contributed by atoms with van der Waals surface area (Å²) >= 11 is 0. The van der Waals surface area contributed by atoms with Crippen LogP contribution in [0.25, 0.3) is 0 Å². The maximum Gasteiger partial charge on any atom is 0.243 e. The van der Waals surface area contributed by atoms with Crippen molar-refractivity contribution in [2.45, 2.75) is 12.8 Å². The first-order valence-corrected chi connectivity index (χ1v) is 6.97. The zero-order valence-corrected chi connectivity index (χ0v) is 11.5. The van der Waals surface area contributed by atoms with Crippen molar-refractivity contribution in [1.29, 1.82) is 0 Å². The van der Waals surface area contributed by atoms with Crippen LogP contribution in [0.3, 0.4) is 0 Å². The van der Waals surface area contributed by atoms with E-state index in [0.29, 0.717) is 0 Å². The van der Waals surface area contributed by atoms with Crippen LogP contribution in [-0.2, 0) is 4.79 Å². The van der Waals surface area contributed by atoms with Gasteiger partial charge >= 0.3 is 0 Å². The van der Waals surface area contributed by atoms with Gasteiger partial charge in [0.2, 0.25) is 5.91 Å². The maximum absolute atomic E-state index is 11.4. The second-order valence-corrected chi connectivity index (χ2v) is 4.99. The molecule has 1 aliphatic rings. The van der Waals surface area contributed by atoms with Gasteiger partial charge in [0.05, 0.1) is 6.21 Å². The fourth-order valence-electron chi connectivity index (χ4n) is 1.85. The maximum atomic E-state index is 11.4. The van der Waals surface area contributed by atoms with Gasteiger partial charge in [0, 0.05) is 5.92 Å². The summed E-state index contributed by atoms with van der Waals surface area (Å²) in [4.78, 5) is 11.4. The third-order valence-electron chi connectivity index (χ3n) is 3.20. The summed E-state index contributed by atoms with van der Waals surface area (Å²) in [5, 5.41) is 3.95. The Morgan fingerprint density at radius 3 is 2.38 bits per heavy atom. The monoisotopic (exact) mass is 280 g/mol. The summed E-state index contributed by atoms with van der Waals surface area (Å²) in [7, 11) is 0. The van der Waals surface area contributed by atoms with Gasteiger partial charge in [0.1, 0.15) is 11.5 Å². The zero-order valence-electron chi connectivity index (χ0n) is 11.5. The van der Waals surface area contributed by atoms with Crippen LogP contribution in [0.15, 0.2) is 59.7 Å². The Balaban J connectivity index is 1.56. The molecule has 0 bridgehead atoms. The molecule has 0 heterocycles. The number of amides is 1. The van der Waals surface area contributed by atoms with E-state index in [1.807, 2.05) is 54.6 Å². The lowest BCUT2D eigenvalue weighted by Crippen LogP contribution is -2.18. The molecule has 3 rings (SSSR count). The number of rotatable bonds is 5. The largest absolute Gasteiger partial charge is 0.457 e. The lowest BCUT2D eigenvalue weighted by atomic mass is 10.2. The minimum absolute atomic E-state index is 0.00952. The van der Waals surface area contributed by atoms with Crippen molar-refractivity contribution >= 4 is 12.1 Å². The first-order chi connectivity index (χ1) is 10.3. The molecule has 4 heteroatoms. The van der Waals surface area contributed by atoms with Crippen molar-refractivity contribution in [3.63, 3.8) is 0 Å². The average Bonchev–Trinajstić information content (AvgIpc) is 3.35. The molecule has 2 aromatic rings. The number of nitrogens with zero attached hydrogens (tertiary/aromatic N) is 1. The quantitative estimate of drug-likeness (QED) is 0.674. The molecule has 4 nitrogen and oxygen atoms in total. The molecule has 1 N–H and O–H groups in total. The molecule has 0 spiro atoms. The van der Waals surface area contributed by atoms with E-state index in [-0.39, 0.29) is 11.8 Å². The number of hydrogen-bond donors (Lipinski definition) is 1. The van der Waals surface area contributed by atoms with Crippen molar-refractivity contribution in [3.05, 3.63) is 60.2 Å². The summed E-state index contributed by atoms with van der Waals surface area (Å²) < 4.78 is 5.70. The minimum Gasteiger partial charge on any atom is -0.457 e. The molecule has 106 valence electrons. The Bertz CT molecular complexity index is 632. The van der Waals surface area contributed by atoms with Crippen LogP contribution in [-0.4, -0.2) is 12.1 Å². The van der Waals surface area contributed by atoms with E-state index in [0.717, 1.165) is 29.9 Å². The number of hydrazone groups is 1. The molecule has 1 fully saturated rings. The van der Waals surface area contributed by atoms with Gasteiger partial charge in [0.15, 0.2) is 0 Å². The molecule has 0 radical (unpaired) electrons. The highest BCUT2D eigenvalue weighted by molar-refractivity contribution is 5.84. The number of carbonyl (C=O) groups excluding carboxylic acids is 1. The number of hydrogen-bond acceptors (Lipinski definition) is 3. The van der Waals surface area contributed by atoms with E-state index in [1.165, 1.54) is 0 Å². The second kappa shape index (κ2) is 6.22. The molecule has 1 saturated carbocycles. The molecule has 0 aliphatic heterocycles. The number of carbonyl (C=O) groups is 1. The summed E-state index contributed by atoms with van der Waals surface area (Å²) in [6.07, 6.45) is 3.59. The molecular weight excluding hydrogens is 264 g/mol. The van der Waals surface area contributed by atoms with Gasteiger partial charge in [-0.1, -0.05) is 18.2 Å². The van der Waals surface area contributed by atoms with E-state index >= 15 is 0 Å². The van der Waals surface area contributed by atoms with E-state index in [4.69, 9.17) is 4.74 Å². The third kappa shape index (κ3) is 3.92. The van der Waals surface area contributed by atoms with Gasteiger partial charge in [-0.2, -0.15) is 5.10 Å². The van der Waals surface area contributed by atoms with E-state index < -0.39 is 0 Å². The predicted molar refractivity (Wildman–Crippen MR) is 81.4 cm³/mol. The lowest BCUT2D eigenvalue weighted by Gasteiger charge is -2.05. The fourth-order valence-corrected chi connectivity index (χ4v) is 1.85. The standard InChI is InChI=1S/C17H16N2O2/c20-17(14-8-9-14)19-18-12-13-6-10-16(11-7-13)21-15-4-2-1-3-5-15/h1-7,10-12,14H,8-9H2,(H,19,20)/b18-12+. The number of benzene rings is 2. The summed E-state index contributed by atoms with van der Waals surface area (Å²) in [6, 6.07) is 17.1. The molecule has 1 amide bonds. The van der Waals surface area contributed by atoms with Gasteiger partial charge in [-0.3, -0.25) is 4.79 Å². The van der Waals surface area contributed by atoms with Crippen molar-refractivity contribution in [3.8, 4) is 11.5 Å². The first-order valence-electron chi connectivity index (χ1n) is 6.97. The van der Waals surface area contributed by atoms with Gasteiger partial charge < -0.3 is 4.74 Å². The van der Waals surface area contributed by atoms with Crippen molar-refractivity contribution in [2.75, 3.05) is 0 Å². The Hall–Kier alpha value is -2.62. The molecular formula is C17H16N2O2.